The van der Waals surface area contributed by atoms with Crippen molar-refractivity contribution >= 4 is 11.5 Å². The summed E-state index contributed by atoms with van der Waals surface area (Å²) in [5.41, 5.74) is 6.48. The topological polar surface area (TPSA) is 60.6 Å². The zero-order chi connectivity index (χ0) is 13.3. The van der Waals surface area contributed by atoms with Crippen LogP contribution in [0.4, 0.5) is 11.5 Å². The summed E-state index contributed by atoms with van der Waals surface area (Å²) in [5, 5.41) is 0. The Labute approximate surface area is 108 Å². The molecule has 0 radical (unpaired) electrons. The Morgan fingerprint density at radius 1 is 1.50 bits per heavy atom. The van der Waals surface area contributed by atoms with Crippen LogP contribution in [0.5, 0.6) is 5.88 Å². The molecule has 1 aliphatic heterocycles. The minimum atomic E-state index is -0.200. The van der Waals surface area contributed by atoms with Crippen LogP contribution in [0.15, 0.2) is 12.1 Å². The third-order valence-corrected chi connectivity index (χ3v) is 2.96. The Balaban J connectivity index is 2.30. The minimum absolute atomic E-state index is 0.154. The maximum Gasteiger partial charge on any atom is 0.215 e. The van der Waals surface area contributed by atoms with E-state index in [-0.39, 0.29) is 11.7 Å². The highest BCUT2D eigenvalue weighted by atomic mass is 16.5. The first-order valence-corrected chi connectivity index (χ1v) is 6.14. The number of hydrogen-bond donors (Lipinski definition) is 1. The number of ether oxygens (including phenoxy) is 2. The van der Waals surface area contributed by atoms with Gasteiger partial charge in [0.2, 0.25) is 5.88 Å². The molecule has 0 aromatic carbocycles. The fourth-order valence-corrected chi connectivity index (χ4v) is 2.42. The van der Waals surface area contributed by atoms with Gasteiger partial charge >= 0.3 is 0 Å². The zero-order valence-electron chi connectivity index (χ0n) is 11.4. The maximum atomic E-state index is 6.01. The first-order valence-electron chi connectivity index (χ1n) is 6.14. The van der Waals surface area contributed by atoms with E-state index in [4.69, 9.17) is 15.2 Å². The van der Waals surface area contributed by atoms with Gasteiger partial charge in [-0.15, -0.1) is 0 Å². The lowest BCUT2D eigenvalue weighted by atomic mass is 10.1. The number of methoxy groups -OCH3 is 1. The molecule has 1 saturated heterocycles. The van der Waals surface area contributed by atoms with Gasteiger partial charge in [0, 0.05) is 19.2 Å². The van der Waals surface area contributed by atoms with E-state index in [1.54, 1.807) is 13.2 Å². The van der Waals surface area contributed by atoms with E-state index < -0.39 is 0 Å². The Hall–Kier alpha value is -1.49. The summed E-state index contributed by atoms with van der Waals surface area (Å²) in [6, 6.07) is 3.60. The number of pyridine rings is 1. The summed E-state index contributed by atoms with van der Waals surface area (Å²) >= 11 is 0. The van der Waals surface area contributed by atoms with Crippen molar-refractivity contribution in [2.45, 2.75) is 32.5 Å². The predicted molar refractivity (Wildman–Crippen MR) is 72.0 cm³/mol. The van der Waals surface area contributed by atoms with E-state index in [1.165, 1.54) is 0 Å². The molecule has 0 amide bonds. The highest BCUT2D eigenvalue weighted by Gasteiger charge is 2.32. The molecule has 1 atom stereocenters. The maximum absolute atomic E-state index is 6.01. The van der Waals surface area contributed by atoms with Gasteiger partial charge in [-0.2, -0.15) is 4.98 Å². The second-order valence-corrected chi connectivity index (χ2v) is 5.34. The lowest BCUT2D eigenvalue weighted by molar-refractivity contribution is -0.0751. The molecule has 1 unspecified atom stereocenters. The van der Waals surface area contributed by atoms with Gasteiger partial charge in [0.15, 0.2) is 5.82 Å². The second-order valence-electron chi connectivity index (χ2n) is 5.34. The van der Waals surface area contributed by atoms with Gasteiger partial charge in [-0.05, 0) is 26.8 Å². The van der Waals surface area contributed by atoms with Crippen molar-refractivity contribution in [3.05, 3.63) is 12.1 Å². The van der Waals surface area contributed by atoms with Crippen molar-refractivity contribution in [1.29, 1.82) is 0 Å². The van der Waals surface area contributed by atoms with E-state index in [0.717, 1.165) is 18.9 Å². The van der Waals surface area contributed by atoms with Crippen LogP contribution in [0.1, 0.15) is 20.8 Å². The summed E-state index contributed by atoms with van der Waals surface area (Å²) in [7, 11) is 1.61. The summed E-state index contributed by atoms with van der Waals surface area (Å²) in [6.07, 6.45) is 0.154. The molecule has 0 saturated carbocycles. The first-order chi connectivity index (χ1) is 8.41. The molecule has 2 N–H and O–H groups in total. The number of nitrogens with zero attached hydrogens (tertiary/aromatic N) is 2. The number of morpholine rings is 1. The molecule has 1 aliphatic rings. The van der Waals surface area contributed by atoms with Crippen molar-refractivity contribution in [3.8, 4) is 5.88 Å². The van der Waals surface area contributed by atoms with E-state index in [0.29, 0.717) is 11.6 Å². The zero-order valence-corrected chi connectivity index (χ0v) is 11.4. The fourth-order valence-electron chi connectivity index (χ4n) is 2.42. The summed E-state index contributed by atoms with van der Waals surface area (Å²) < 4.78 is 11.0. The average Bonchev–Trinajstić information content (AvgIpc) is 2.27. The summed E-state index contributed by atoms with van der Waals surface area (Å²) in [5.74, 6) is 1.36. The standard InChI is InChI=1S/C13H21N3O2/c1-9-7-16(8-13(2,3)18-9)12-10(14)5-6-11(15-12)17-4/h5-6,9H,7-8,14H2,1-4H3. The van der Waals surface area contributed by atoms with Crippen molar-refractivity contribution in [3.63, 3.8) is 0 Å². The fraction of sp³-hybridized carbons (Fsp3) is 0.615. The van der Waals surface area contributed by atoms with Crippen LogP contribution >= 0.6 is 0 Å². The van der Waals surface area contributed by atoms with Gasteiger partial charge in [-0.25, -0.2) is 0 Å². The predicted octanol–water partition coefficient (Wildman–Crippen LogP) is 1.68. The molecular formula is C13H21N3O2. The van der Waals surface area contributed by atoms with Crippen molar-refractivity contribution in [1.82, 2.24) is 4.98 Å². The highest BCUT2D eigenvalue weighted by molar-refractivity contribution is 5.64. The Kier molecular flexibility index (Phi) is 3.34. The molecule has 0 spiro atoms. The molecule has 2 heterocycles. The molecule has 1 aromatic heterocycles. The number of aromatic nitrogens is 1. The third kappa shape index (κ3) is 2.67. The smallest absolute Gasteiger partial charge is 0.215 e. The van der Waals surface area contributed by atoms with Crippen LogP contribution in [0.2, 0.25) is 0 Å². The van der Waals surface area contributed by atoms with E-state index in [9.17, 15) is 0 Å². The van der Waals surface area contributed by atoms with Gasteiger partial charge in [0.25, 0.3) is 0 Å². The van der Waals surface area contributed by atoms with Crippen LogP contribution in [0, 0.1) is 0 Å². The van der Waals surface area contributed by atoms with Crippen LogP contribution in [0.3, 0.4) is 0 Å². The van der Waals surface area contributed by atoms with Crippen LogP contribution in [-0.2, 0) is 4.74 Å². The Morgan fingerprint density at radius 2 is 2.22 bits per heavy atom. The van der Waals surface area contributed by atoms with Crippen molar-refractivity contribution in [2.24, 2.45) is 0 Å². The van der Waals surface area contributed by atoms with Crippen molar-refractivity contribution in [2.75, 3.05) is 30.8 Å². The molecule has 0 aliphatic carbocycles. The van der Waals surface area contributed by atoms with E-state index in [1.807, 2.05) is 6.07 Å². The monoisotopic (exact) mass is 251 g/mol. The van der Waals surface area contributed by atoms with E-state index in [2.05, 4.69) is 30.7 Å². The van der Waals surface area contributed by atoms with Gasteiger partial charge in [0.05, 0.1) is 24.5 Å². The quantitative estimate of drug-likeness (QED) is 0.866. The van der Waals surface area contributed by atoms with Crippen molar-refractivity contribution < 1.29 is 9.47 Å². The molecule has 5 heteroatoms. The molecule has 0 bridgehead atoms. The van der Waals surface area contributed by atoms with Gasteiger partial charge < -0.3 is 20.1 Å². The lowest BCUT2D eigenvalue weighted by Gasteiger charge is -2.42. The number of anilines is 2. The number of nitrogens with two attached hydrogens (primary N) is 1. The minimum Gasteiger partial charge on any atom is -0.481 e. The third-order valence-electron chi connectivity index (χ3n) is 2.96. The SMILES string of the molecule is COc1ccc(N)c(N2CC(C)OC(C)(C)C2)n1. The molecule has 5 nitrogen and oxygen atoms in total. The van der Waals surface area contributed by atoms with Gasteiger partial charge in [-0.3, -0.25) is 0 Å². The molecule has 18 heavy (non-hydrogen) atoms. The largest absolute Gasteiger partial charge is 0.481 e. The number of rotatable bonds is 2. The summed E-state index contributed by atoms with van der Waals surface area (Å²) in [6.45, 7) is 7.76. The molecule has 2 rings (SSSR count). The lowest BCUT2D eigenvalue weighted by Crippen LogP contribution is -2.52. The normalized spacial score (nSPS) is 22.9. The van der Waals surface area contributed by atoms with Crippen LogP contribution in [0.25, 0.3) is 0 Å². The molecule has 1 fully saturated rings. The van der Waals surface area contributed by atoms with Gasteiger partial charge in [0.1, 0.15) is 0 Å². The van der Waals surface area contributed by atoms with Crippen LogP contribution < -0.4 is 15.4 Å². The van der Waals surface area contributed by atoms with E-state index >= 15 is 0 Å². The molecule has 1 aromatic rings. The average molecular weight is 251 g/mol. The number of nitrogen functional groups attached to an aromatic ring is 1. The first kappa shape index (κ1) is 13.0. The molecule has 100 valence electrons. The number of hydrogen-bond acceptors (Lipinski definition) is 5. The van der Waals surface area contributed by atoms with Gasteiger partial charge in [-0.1, -0.05) is 0 Å². The Morgan fingerprint density at radius 3 is 2.83 bits per heavy atom. The second kappa shape index (κ2) is 4.65. The van der Waals surface area contributed by atoms with Crippen LogP contribution in [-0.4, -0.2) is 36.9 Å². The summed E-state index contributed by atoms with van der Waals surface area (Å²) in [4.78, 5) is 6.60. The molecular weight excluding hydrogens is 230 g/mol. The Bertz CT molecular complexity index is 434. The highest BCUT2D eigenvalue weighted by Crippen LogP contribution is 2.29.